The van der Waals surface area contributed by atoms with Crippen LogP contribution in [0.5, 0.6) is 0 Å². The van der Waals surface area contributed by atoms with Crippen LogP contribution in [-0.2, 0) is 0 Å². The first kappa shape index (κ1) is 9.01. The Morgan fingerprint density at radius 2 is 2.36 bits per heavy atom. The van der Waals surface area contributed by atoms with Crippen molar-refractivity contribution in [2.24, 2.45) is 5.92 Å². The third kappa shape index (κ3) is 2.02. The van der Waals surface area contributed by atoms with Crippen LogP contribution in [0.1, 0.15) is 25.0 Å². The maximum atomic E-state index is 8.66. The van der Waals surface area contributed by atoms with Crippen LogP contribution in [0.25, 0.3) is 0 Å². The first-order valence-electron chi connectivity index (χ1n) is 4.99. The summed E-state index contributed by atoms with van der Waals surface area (Å²) in [4.78, 5) is 4.15. The van der Waals surface area contributed by atoms with Gasteiger partial charge in [0.1, 0.15) is 17.6 Å². The lowest BCUT2D eigenvalue weighted by atomic mass is 9.85. The molecular formula is C11H13N3. The van der Waals surface area contributed by atoms with Crippen LogP contribution in [0.15, 0.2) is 18.2 Å². The molecule has 1 aliphatic rings. The molecule has 0 aromatic carbocycles. The predicted octanol–water partition coefficient (Wildman–Crippen LogP) is 2.17. The summed E-state index contributed by atoms with van der Waals surface area (Å²) in [5.74, 6) is 1.62. The number of pyridine rings is 1. The summed E-state index contributed by atoms with van der Waals surface area (Å²) in [5, 5.41) is 11.9. The molecule has 0 spiro atoms. The monoisotopic (exact) mass is 187 g/mol. The first-order valence-corrected chi connectivity index (χ1v) is 4.99. The molecular weight excluding hydrogens is 174 g/mol. The zero-order chi connectivity index (χ0) is 9.80. The van der Waals surface area contributed by atoms with Gasteiger partial charge in [-0.2, -0.15) is 5.26 Å². The fourth-order valence-electron chi connectivity index (χ4n) is 1.54. The summed E-state index contributed by atoms with van der Waals surface area (Å²) in [5.41, 5.74) is 0.476. The van der Waals surface area contributed by atoms with Crippen molar-refractivity contribution in [3.63, 3.8) is 0 Å². The van der Waals surface area contributed by atoms with E-state index in [2.05, 4.69) is 10.3 Å². The minimum absolute atomic E-state index is 0.476. The van der Waals surface area contributed by atoms with Crippen molar-refractivity contribution in [3.05, 3.63) is 23.9 Å². The summed E-state index contributed by atoms with van der Waals surface area (Å²) in [6.07, 6.45) is 4.01. The van der Waals surface area contributed by atoms with Gasteiger partial charge in [-0.25, -0.2) is 4.98 Å². The maximum Gasteiger partial charge on any atom is 0.142 e. The van der Waals surface area contributed by atoms with Gasteiger partial charge in [0.2, 0.25) is 0 Å². The van der Waals surface area contributed by atoms with Crippen molar-refractivity contribution in [2.45, 2.75) is 19.3 Å². The summed E-state index contributed by atoms with van der Waals surface area (Å²) < 4.78 is 0. The van der Waals surface area contributed by atoms with Gasteiger partial charge in [0.25, 0.3) is 0 Å². The average Bonchev–Trinajstić information content (AvgIpc) is 2.16. The zero-order valence-electron chi connectivity index (χ0n) is 8.03. The Balaban J connectivity index is 1.91. The predicted molar refractivity (Wildman–Crippen MR) is 54.8 cm³/mol. The van der Waals surface area contributed by atoms with Crippen molar-refractivity contribution in [1.82, 2.24) is 4.98 Å². The van der Waals surface area contributed by atoms with Crippen LogP contribution in [-0.4, -0.2) is 11.5 Å². The molecule has 1 saturated carbocycles. The molecule has 1 aliphatic carbocycles. The van der Waals surface area contributed by atoms with Crippen molar-refractivity contribution < 1.29 is 0 Å². The van der Waals surface area contributed by atoms with Crippen molar-refractivity contribution in [3.8, 4) is 6.07 Å². The smallest absolute Gasteiger partial charge is 0.142 e. The number of rotatable bonds is 3. The topological polar surface area (TPSA) is 48.7 Å². The number of hydrogen-bond acceptors (Lipinski definition) is 3. The van der Waals surface area contributed by atoms with E-state index >= 15 is 0 Å². The molecule has 0 atom stereocenters. The van der Waals surface area contributed by atoms with E-state index in [1.807, 2.05) is 18.2 Å². The van der Waals surface area contributed by atoms with E-state index in [4.69, 9.17) is 5.26 Å². The molecule has 14 heavy (non-hydrogen) atoms. The lowest BCUT2D eigenvalue weighted by molar-refractivity contribution is 0.333. The number of nitrogens with zero attached hydrogens (tertiary/aromatic N) is 2. The second kappa shape index (κ2) is 4.10. The number of hydrogen-bond donors (Lipinski definition) is 1. The standard InChI is InChI=1S/C11H13N3/c12-7-10-5-2-6-11(14-10)13-8-9-3-1-4-9/h2,5-6,9H,1,3-4,8H2,(H,13,14). The Hall–Kier alpha value is -1.56. The molecule has 1 heterocycles. The van der Waals surface area contributed by atoms with Gasteiger partial charge >= 0.3 is 0 Å². The third-order valence-electron chi connectivity index (χ3n) is 2.66. The van der Waals surface area contributed by atoms with E-state index < -0.39 is 0 Å². The molecule has 0 aliphatic heterocycles. The summed E-state index contributed by atoms with van der Waals surface area (Å²) in [6.45, 7) is 0.988. The minimum Gasteiger partial charge on any atom is -0.370 e. The number of nitriles is 1. The molecule has 0 bridgehead atoms. The van der Waals surface area contributed by atoms with Gasteiger partial charge in [0.05, 0.1) is 0 Å². The van der Waals surface area contributed by atoms with Gasteiger partial charge in [0, 0.05) is 6.54 Å². The Morgan fingerprint density at radius 3 is 3.00 bits per heavy atom. The van der Waals surface area contributed by atoms with Crippen molar-refractivity contribution in [1.29, 1.82) is 5.26 Å². The average molecular weight is 187 g/mol. The fourth-order valence-corrected chi connectivity index (χ4v) is 1.54. The highest BCUT2D eigenvalue weighted by Crippen LogP contribution is 2.26. The van der Waals surface area contributed by atoms with Gasteiger partial charge in [-0.1, -0.05) is 12.5 Å². The molecule has 1 fully saturated rings. The molecule has 0 saturated heterocycles. The Labute approximate surface area is 83.8 Å². The zero-order valence-corrected chi connectivity index (χ0v) is 8.03. The molecule has 0 amide bonds. The minimum atomic E-state index is 0.476. The lowest BCUT2D eigenvalue weighted by Crippen LogP contribution is -2.21. The second-order valence-electron chi connectivity index (χ2n) is 3.70. The van der Waals surface area contributed by atoms with Gasteiger partial charge in [-0.3, -0.25) is 0 Å². The molecule has 1 aromatic heterocycles. The Morgan fingerprint density at radius 1 is 1.50 bits per heavy atom. The number of aromatic nitrogens is 1. The molecule has 2 rings (SSSR count). The van der Waals surface area contributed by atoms with Gasteiger partial charge in [-0.15, -0.1) is 0 Å². The van der Waals surface area contributed by atoms with Crippen molar-refractivity contribution >= 4 is 5.82 Å². The number of nitrogens with one attached hydrogen (secondary N) is 1. The van der Waals surface area contributed by atoms with Crippen LogP contribution >= 0.6 is 0 Å². The molecule has 3 heteroatoms. The highest BCUT2D eigenvalue weighted by Gasteiger charge is 2.16. The third-order valence-corrected chi connectivity index (χ3v) is 2.66. The summed E-state index contributed by atoms with van der Waals surface area (Å²) in [6, 6.07) is 7.51. The van der Waals surface area contributed by atoms with Crippen LogP contribution < -0.4 is 5.32 Å². The van der Waals surface area contributed by atoms with E-state index in [9.17, 15) is 0 Å². The first-order chi connectivity index (χ1) is 6.88. The Bertz CT molecular complexity index is 350. The molecule has 72 valence electrons. The Kier molecular flexibility index (Phi) is 2.64. The highest BCUT2D eigenvalue weighted by atomic mass is 15.0. The van der Waals surface area contributed by atoms with Gasteiger partial charge < -0.3 is 5.32 Å². The fraction of sp³-hybridized carbons (Fsp3) is 0.455. The molecule has 0 unspecified atom stereocenters. The summed E-state index contributed by atoms with van der Waals surface area (Å²) in [7, 11) is 0. The van der Waals surface area contributed by atoms with E-state index in [0.29, 0.717) is 5.69 Å². The molecule has 0 radical (unpaired) electrons. The SMILES string of the molecule is N#Cc1cccc(NCC2CCC2)n1. The number of anilines is 1. The van der Waals surface area contributed by atoms with E-state index in [1.165, 1.54) is 19.3 Å². The molecule has 1 aromatic rings. The van der Waals surface area contributed by atoms with Crippen molar-refractivity contribution in [2.75, 3.05) is 11.9 Å². The summed E-state index contributed by atoms with van der Waals surface area (Å²) >= 11 is 0. The van der Waals surface area contributed by atoms with Crippen LogP contribution in [0.4, 0.5) is 5.82 Å². The lowest BCUT2D eigenvalue weighted by Gasteiger charge is -2.25. The van der Waals surface area contributed by atoms with Crippen LogP contribution in [0, 0.1) is 17.2 Å². The largest absolute Gasteiger partial charge is 0.370 e. The second-order valence-corrected chi connectivity index (χ2v) is 3.70. The molecule has 3 nitrogen and oxygen atoms in total. The van der Waals surface area contributed by atoms with Crippen LogP contribution in [0.3, 0.4) is 0 Å². The van der Waals surface area contributed by atoms with E-state index in [-0.39, 0.29) is 0 Å². The van der Waals surface area contributed by atoms with E-state index in [1.54, 1.807) is 6.07 Å². The van der Waals surface area contributed by atoms with E-state index in [0.717, 1.165) is 18.3 Å². The maximum absolute atomic E-state index is 8.66. The highest BCUT2D eigenvalue weighted by molar-refractivity contribution is 5.38. The quantitative estimate of drug-likeness (QED) is 0.788. The van der Waals surface area contributed by atoms with Gasteiger partial charge in [-0.05, 0) is 30.9 Å². The van der Waals surface area contributed by atoms with Gasteiger partial charge in [0.15, 0.2) is 0 Å². The molecule has 1 N–H and O–H groups in total. The normalized spacial score (nSPS) is 15.6. The van der Waals surface area contributed by atoms with Crippen LogP contribution in [0.2, 0.25) is 0 Å².